The average Bonchev–Trinajstić information content (AvgIpc) is 3.26. The van der Waals surface area contributed by atoms with Crippen LogP contribution in [-0.2, 0) is 4.74 Å². The van der Waals surface area contributed by atoms with Crippen LogP contribution in [0.1, 0.15) is 5.56 Å². The van der Waals surface area contributed by atoms with Gasteiger partial charge in [0.1, 0.15) is 6.61 Å². The van der Waals surface area contributed by atoms with Gasteiger partial charge >= 0.3 is 6.09 Å². The molecule has 1 fully saturated rings. The third-order valence-electron chi connectivity index (χ3n) is 5.12. The third kappa shape index (κ3) is 2.33. The Labute approximate surface area is 154 Å². The van der Waals surface area contributed by atoms with E-state index in [4.69, 9.17) is 4.74 Å². The first-order valence-electron chi connectivity index (χ1n) is 8.81. The first-order valence-corrected chi connectivity index (χ1v) is 8.81. The molecule has 2 aromatic heterocycles. The number of pyridine rings is 1. The van der Waals surface area contributed by atoms with Crippen molar-refractivity contribution in [2.24, 2.45) is 0 Å². The van der Waals surface area contributed by atoms with Crippen LogP contribution in [0.2, 0.25) is 0 Å². The van der Waals surface area contributed by atoms with Crippen molar-refractivity contribution in [3.8, 4) is 11.1 Å². The number of H-pyrrole nitrogens is 2. The summed E-state index contributed by atoms with van der Waals surface area (Å²) in [7, 11) is 0. The molecular formula is C21H17N3O3. The van der Waals surface area contributed by atoms with Crippen LogP contribution in [0.4, 0.5) is 10.5 Å². The first kappa shape index (κ1) is 15.7. The number of anilines is 1. The van der Waals surface area contributed by atoms with Crippen molar-refractivity contribution >= 4 is 33.7 Å². The minimum absolute atomic E-state index is 0.117. The van der Waals surface area contributed by atoms with Crippen LogP contribution in [0.15, 0.2) is 53.3 Å². The fourth-order valence-electron chi connectivity index (χ4n) is 3.79. The van der Waals surface area contributed by atoms with Crippen LogP contribution < -0.4 is 10.5 Å². The molecule has 0 radical (unpaired) electrons. The van der Waals surface area contributed by atoms with Gasteiger partial charge in [-0.25, -0.2) is 4.79 Å². The molecule has 0 aliphatic carbocycles. The van der Waals surface area contributed by atoms with E-state index in [1.165, 1.54) is 0 Å². The number of aromatic nitrogens is 2. The molecule has 6 nitrogen and oxygen atoms in total. The fraction of sp³-hybridized carbons (Fsp3) is 0.143. The van der Waals surface area contributed by atoms with Crippen molar-refractivity contribution in [3.05, 3.63) is 64.4 Å². The molecule has 1 saturated heterocycles. The molecule has 2 aromatic carbocycles. The van der Waals surface area contributed by atoms with Crippen LogP contribution in [0.5, 0.6) is 0 Å². The molecule has 0 spiro atoms. The van der Waals surface area contributed by atoms with Crippen LogP contribution in [0.3, 0.4) is 0 Å². The fourth-order valence-corrected chi connectivity index (χ4v) is 3.79. The molecule has 27 heavy (non-hydrogen) atoms. The lowest BCUT2D eigenvalue weighted by Gasteiger charge is -2.15. The van der Waals surface area contributed by atoms with Gasteiger partial charge in [-0.1, -0.05) is 30.3 Å². The summed E-state index contributed by atoms with van der Waals surface area (Å²) >= 11 is 0. The maximum absolute atomic E-state index is 12.6. The summed E-state index contributed by atoms with van der Waals surface area (Å²) in [6.45, 7) is 2.73. The van der Waals surface area contributed by atoms with Crippen molar-refractivity contribution < 1.29 is 9.53 Å². The number of hydrogen-bond acceptors (Lipinski definition) is 3. The summed E-state index contributed by atoms with van der Waals surface area (Å²) in [4.78, 5) is 32.6. The molecule has 6 heteroatoms. The van der Waals surface area contributed by atoms with Crippen molar-refractivity contribution in [2.75, 3.05) is 18.1 Å². The highest BCUT2D eigenvalue weighted by Gasteiger charge is 2.24. The minimum atomic E-state index is -0.342. The first-order chi connectivity index (χ1) is 13.1. The molecular weight excluding hydrogens is 342 g/mol. The van der Waals surface area contributed by atoms with Gasteiger partial charge in [0, 0.05) is 27.7 Å². The van der Waals surface area contributed by atoms with Gasteiger partial charge < -0.3 is 14.7 Å². The van der Waals surface area contributed by atoms with E-state index >= 15 is 0 Å². The number of benzene rings is 2. The zero-order valence-electron chi connectivity index (χ0n) is 14.7. The van der Waals surface area contributed by atoms with Gasteiger partial charge in [0.15, 0.2) is 0 Å². The number of hydrogen-bond donors (Lipinski definition) is 2. The lowest BCUT2D eigenvalue weighted by molar-refractivity contribution is 0.181. The van der Waals surface area contributed by atoms with Crippen LogP contribution in [0.25, 0.3) is 33.1 Å². The van der Waals surface area contributed by atoms with Gasteiger partial charge in [-0.3, -0.25) is 9.69 Å². The molecule has 134 valence electrons. The van der Waals surface area contributed by atoms with E-state index in [1.54, 1.807) is 4.90 Å². The van der Waals surface area contributed by atoms with Gasteiger partial charge in [-0.05, 0) is 30.7 Å². The number of carbonyl (C=O) groups excluding carboxylic acids is 1. The molecule has 0 unspecified atom stereocenters. The highest BCUT2D eigenvalue weighted by atomic mass is 16.6. The lowest BCUT2D eigenvalue weighted by Crippen LogP contribution is -2.23. The van der Waals surface area contributed by atoms with E-state index in [9.17, 15) is 9.59 Å². The summed E-state index contributed by atoms with van der Waals surface area (Å²) in [5.41, 5.74) is 5.65. The number of aromatic amines is 2. The summed E-state index contributed by atoms with van der Waals surface area (Å²) in [5, 5.41) is 0.977. The van der Waals surface area contributed by atoms with Crippen LogP contribution in [0, 0.1) is 6.92 Å². The number of amides is 1. The average molecular weight is 359 g/mol. The number of fused-ring (bicyclic) bond motifs is 3. The predicted octanol–water partition coefficient (Wildman–Crippen LogP) is 3.94. The van der Waals surface area contributed by atoms with Crippen molar-refractivity contribution in [3.63, 3.8) is 0 Å². The van der Waals surface area contributed by atoms with E-state index in [2.05, 4.69) is 9.97 Å². The SMILES string of the molecule is Cc1c(-c2cccc(N3CCOC3=O)c2)c2[nH]c3ccccc3c2[nH]c1=O. The number of para-hydroxylation sites is 1. The number of rotatable bonds is 2. The lowest BCUT2D eigenvalue weighted by atomic mass is 9.99. The minimum Gasteiger partial charge on any atom is -0.447 e. The second-order valence-electron chi connectivity index (χ2n) is 6.69. The summed E-state index contributed by atoms with van der Waals surface area (Å²) in [6.07, 6.45) is -0.342. The largest absolute Gasteiger partial charge is 0.447 e. The number of ether oxygens (including phenoxy) is 1. The Hall–Kier alpha value is -3.54. The summed E-state index contributed by atoms with van der Waals surface area (Å²) in [6, 6.07) is 15.5. The molecule has 0 bridgehead atoms. The molecule has 0 saturated carbocycles. The summed E-state index contributed by atoms with van der Waals surface area (Å²) < 4.78 is 5.04. The van der Waals surface area contributed by atoms with Crippen molar-refractivity contribution in [1.29, 1.82) is 0 Å². The van der Waals surface area contributed by atoms with Gasteiger partial charge in [-0.15, -0.1) is 0 Å². The van der Waals surface area contributed by atoms with Gasteiger partial charge in [0.25, 0.3) is 5.56 Å². The van der Waals surface area contributed by atoms with Crippen LogP contribution >= 0.6 is 0 Å². The zero-order valence-corrected chi connectivity index (χ0v) is 14.7. The number of carbonyl (C=O) groups is 1. The highest BCUT2D eigenvalue weighted by Crippen LogP contribution is 2.34. The second-order valence-corrected chi connectivity index (χ2v) is 6.69. The molecule has 1 aliphatic rings. The monoisotopic (exact) mass is 359 g/mol. The van der Waals surface area contributed by atoms with E-state index in [-0.39, 0.29) is 11.7 Å². The van der Waals surface area contributed by atoms with E-state index < -0.39 is 0 Å². The van der Waals surface area contributed by atoms with Gasteiger partial charge in [0.05, 0.1) is 17.6 Å². The Kier molecular flexibility index (Phi) is 3.33. The Morgan fingerprint density at radius 1 is 1.00 bits per heavy atom. The normalized spacial score (nSPS) is 14.3. The Bertz CT molecular complexity index is 1270. The zero-order chi connectivity index (χ0) is 18.5. The van der Waals surface area contributed by atoms with Gasteiger partial charge in [0.2, 0.25) is 0 Å². The quantitative estimate of drug-likeness (QED) is 0.569. The van der Waals surface area contributed by atoms with Crippen molar-refractivity contribution in [2.45, 2.75) is 6.92 Å². The maximum atomic E-state index is 12.6. The standard InChI is InChI=1S/C21H17N3O3/c1-12-17(13-5-4-6-14(11-13)24-9-10-27-21(24)26)19-18(23-20(12)25)15-7-2-3-8-16(15)22-19/h2-8,11,22H,9-10H2,1H3,(H,23,25). The second kappa shape index (κ2) is 5.74. The summed E-state index contributed by atoms with van der Waals surface area (Å²) in [5.74, 6) is 0. The number of cyclic esters (lactones) is 1. The molecule has 1 aliphatic heterocycles. The molecule has 5 rings (SSSR count). The number of nitrogens with one attached hydrogen (secondary N) is 2. The highest BCUT2D eigenvalue weighted by molar-refractivity contribution is 6.10. The molecule has 4 aromatic rings. The van der Waals surface area contributed by atoms with Gasteiger partial charge in [-0.2, -0.15) is 0 Å². The Morgan fingerprint density at radius 3 is 2.67 bits per heavy atom. The topological polar surface area (TPSA) is 78.2 Å². The predicted molar refractivity (Wildman–Crippen MR) is 105 cm³/mol. The van der Waals surface area contributed by atoms with E-state index in [0.29, 0.717) is 18.7 Å². The Morgan fingerprint density at radius 2 is 1.85 bits per heavy atom. The Balaban J connectivity index is 1.79. The third-order valence-corrected chi connectivity index (χ3v) is 5.12. The maximum Gasteiger partial charge on any atom is 0.414 e. The molecule has 3 heterocycles. The molecule has 0 atom stereocenters. The van der Waals surface area contributed by atoms with Crippen molar-refractivity contribution in [1.82, 2.24) is 9.97 Å². The van der Waals surface area contributed by atoms with Crippen LogP contribution in [-0.4, -0.2) is 29.2 Å². The molecule has 2 N–H and O–H groups in total. The van der Waals surface area contributed by atoms with E-state index in [1.807, 2.05) is 55.5 Å². The molecule has 1 amide bonds. The number of nitrogens with zero attached hydrogens (tertiary/aromatic N) is 1. The van der Waals surface area contributed by atoms with E-state index in [0.717, 1.165) is 38.8 Å². The smallest absolute Gasteiger partial charge is 0.414 e.